The van der Waals surface area contributed by atoms with E-state index in [9.17, 15) is 0 Å². The molecule has 7 heteroatoms. The van der Waals surface area contributed by atoms with E-state index in [1.807, 2.05) is 6.07 Å². The van der Waals surface area contributed by atoms with Crippen LogP contribution < -0.4 is 10.6 Å². The number of anilines is 2. The molecule has 1 aliphatic rings. The van der Waals surface area contributed by atoms with Crippen molar-refractivity contribution in [2.75, 3.05) is 36.9 Å². The summed E-state index contributed by atoms with van der Waals surface area (Å²) >= 11 is 4.89. The molecule has 100 valence electrons. The standard InChI is InChI=1S/C12H13BrN4OS/c13-9-5-8(7-15-12(9)14)10-6-11(19-16-10)17-1-3-18-4-2-17/h5-7H,1-4H2,(H2,14,15). The van der Waals surface area contributed by atoms with E-state index in [2.05, 4.69) is 36.3 Å². The van der Waals surface area contributed by atoms with Crippen molar-refractivity contribution in [3.63, 3.8) is 0 Å². The number of nitrogens with zero attached hydrogens (tertiary/aromatic N) is 3. The fourth-order valence-electron chi connectivity index (χ4n) is 1.92. The van der Waals surface area contributed by atoms with Gasteiger partial charge in [-0.05, 0) is 33.5 Å². The lowest BCUT2D eigenvalue weighted by atomic mass is 10.2. The molecule has 0 unspecified atom stereocenters. The summed E-state index contributed by atoms with van der Waals surface area (Å²) < 4.78 is 10.6. The number of hydrogen-bond donors (Lipinski definition) is 1. The molecule has 2 aromatic heterocycles. The quantitative estimate of drug-likeness (QED) is 0.909. The fourth-order valence-corrected chi connectivity index (χ4v) is 3.08. The van der Waals surface area contributed by atoms with E-state index < -0.39 is 0 Å². The maximum atomic E-state index is 5.69. The maximum Gasteiger partial charge on any atom is 0.137 e. The molecule has 0 aliphatic carbocycles. The largest absolute Gasteiger partial charge is 0.383 e. The van der Waals surface area contributed by atoms with Crippen LogP contribution in [0.2, 0.25) is 0 Å². The molecule has 5 nitrogen and oxygen atoms in total. The van der Waals surface area contributed by atoms with Crippen LogP contribution in [0.5, 0.6) is 0 Å². The highest BCUT2D eigenvalue weighted by molar-refractivity contribution is 9.10. The number of nitrogen functional groups attached to an aromatic ring is 1. The first kappa shape index (κ1) is 12.8. The van der Waals surface area contributed by atoms with Gasteiger partial charge in [0.1, 0.15) is 10.8 Å². The highest BCUT2D eigenvalue weighted by atomic mass is 79.9. The molecule has 0 amide bonds. The van der Waals surface area contributed by atoms with Gasteiger partial charge >= 0.3 is 0 Å². The normalized spacial score (nSPS) is 15.7. The van der Waals surface area contributed by atoms with Crippen molar-refractivity contribution in [2.45, 2.75) is 0 Å². The third-order valence-corrected chi connectivity index (χ3v) is 4.47. The number of ether oxygens (including phenoxy) is 1. The van der Waals surface area contributed by atoms with Gasteiger partial charge in [-0.15, -0.1) is 0 Å². The monoisotopic (exact) mass is 340 g/mol. The molecule has 0 spiro atoms. The van der Waals surface area contributed by atoms with E-state index in [4.69, 9.17) is 10.5 Å². The van der Waals surface area contributed by atoms with Gasteiger partial charge in [0.2, 0.25) is 0 Å². The van der Waals surface area contributed by atoms with Gasteiger partial charge in [-0.1, -0.05) is 0 Å². The Bertz CT molecular complexity index is 583. The molecule has 19 heavy (non-hydrogen) atoms. The lowest BCUT2D eigenvalue weighted by Crippen LogP contribution is -2.35. The van der Waals surface area contributed by atoms with Crippen molar-refractivity contribution < 1.29 is 4.74 Å². The molecule has 3 heterocycles. The van der Waals surface area contributed by atoms with E-state index in [-0.39, 0.29) is 0 Å². The molecule has 0 aromatic carbocycles. The van der Waals surface area contributed by atoms with E-state index in [1.165, 1.54) is 16.5 Å². The molecular weight excluding hydrogens is 328 g/mol. The zero-order valence-corrected chi connectivity index (χ0v) is 12.6. The molecule has 3 rings (SSSR count). The molecular formula is C12H13BrN4OS. The predicted molar refractivity (Wildman–Crippen MR) is 80.5 cm³/mol. The molecule has 0 radical (unpaired) electrons. The van der Waals surface area contributed by atoms with Crippen molar-refractivity contribution in [1.29, 1.82) is 0 Å². The van der Waals surface area contributed by atoms with Crippen molar-refractivity contribution in [3.05, 3.63) is 22.8 Å². The Balaban J connectivity index is 1.85. The zero-order chi connectivity index (χ0) is 13.2. The summed E-state index contributed by atoms with van der Waals surface area (Å²) in [5.41, 5.74) is 7.59. The van der Waals surface area contributed by atoms with Crippen LogP contribution in [-0.4, -0.2) is 35.7 Å². The molecule has 0 bridgehead atoms. The van der Waals surface area contributed by atoms with Crippen molar-refractivity contribution in [2.24, 2.45) is 0 Å². The van der Waals surface area contributed by atoms with Crippen LogP contribution in [-0.2, 0) is 4.74 Å². The number of aromatic nitrogens is 2. The minimum atomic E-state index is 0.493. The molecule has 1 aliphatic heterocycles. The third-order valence-electron chi connectivity index (χ3n) is 2.99. The second-order valence-electron chi connectivity index (χ2n) is 4.24. The number of hydrogen-bond acceptors (Lipinski definition) is 6. The molecule has 2 N–H and O–H groups in total. The van der Waals surface area contributed by atoms with Gasteiger partial charge in [0.15, 0.2) is 0 Å². The van der Waals surface area contributed by atoms with Crippen LogP contribution in [0.1, 0.15) is 0 Å². The number of pyridine rings is 1. The Labute approximate surface area is 123 Å². The van der Waals surface area contributed by atoms with Crippen LogP contribution in [0, 0.1) is 0 Å². The number of morpholine rings is 1. The lowest BCUT2D eigenvalue weighted by Gasteiger charge is -2.26. The first-order valence-corrected chi connectivity index (χ1v) is 7.51. The summed E-state index contributed by atoms with van der Waals surface area (Å²) in [5, 5.41) is 1.17. The Hall–Kier alpha value is -1.18. The van der Waals surface area contributed by atoms with Crippen LogP contribution >= 0.6 is 27.5 Å². The van der Waals surface area contributed by atoms with Crippen LogP contribution in [0.4, 0.5) is 10.8 Å². The van der Waals surface area contributed by atoms with Gasteiger partial charge in [0.25, 0.3) is 0 Å². The topological polar surface area (TPSA) is 64.3 Å². The summed E-state index contributed by atoms with van der Waals surface area (Å²) in [6.07, 6.45) is 1.75. The summed E-state index contributed by atoms with van der Waals surface area (Å²) in [4.78, 5) is 6.43. The Kier molecular flexibility index (Phi) is 3.67. The Morgan fingerprint density at radius 3 is 2.84 bits per heavy atom. The SMILES string of the molecule is Nc1ncc(-c2cc(N3CCOCC3)sn2)cc1Br. The summed E-state index contributed by atoms with van der Waals surface area (Å²) in [6.45, 7) is 3.40. The van der Waals surface area contributed by atoms with Crippen LogP contribution in [0.3, 0.4) is 0 Å². The highest BCUT2D eigenvalue weighted by Crippen LogP contribution is 2.30. The summed E-state index contributed by atoms with van der Waals surface area (Å²) in [6, 6.07) is 4.04. The van der Waals surface area contributed by atoms with Gasteiger partial charge in [-0.25, -0.2) is 4.98 Å². The lowest BCUT2D eigenvalue weighted by molar-refractivity contribution is 0.123. The van der Waals surface area contributed by atoms with Gasteiger partial charge in [0.05, 0.1) is 23.4 Å². The summed E-state index contributed by atoms with van der Waals surface area (Å²) in [7, 11) is 0. The second kappa shape index (κ2) is 5.44. The average Bonchev–Trinajstić information content (AvgIpc) is 2.93. The van der Waals surface area contributed by atoms with Crippen molar-refractivity contribution in [3.8, 4) is 11.3 Å². The van der Waals surface area contributed by atoms with Crippen LogP contribution in [0.15, 0.2) is 22.8 Å². The first-order valence-electron chi connectivity index (χ1n) is 5.95. The molecule has 0 saturated carbocycles. The minimum absolute atomic E-state index is 0.493. The van der Waals surface area contributed by atoms with Crippen molar-refractivity contribution >= 4 is 38.3 Å². The van der Waals surface area contributed by atoms with E-state index in [0.717, 1.165) is 42.0 Å². The molecule has 1 fully saturated rings. The Morgan fingerprint density at radius 2 is 2.11 bits per heavy atom. The smallest absolute Gasteiger partial charge is 0.137 e. The number of nitrogens with two attached hydrogens (primary N) is 1. The molecule has 2 aromatic rings. The van der Waals surface area contributed by atoms with Crippen LogP contribution in [0.25, 0.3) is 11.3 Å². The second-order valence-corrected chi connectivity index (χ2v) is 5.88. The van der Waals surface area contributed by atoms with E-state index >= 15 is 0 Å². The average molecular weight is 341 g/mol. The van der Waals surface area contributed by atoms with E-state index in [1.54, 1.807) is 6.20 Å². The molecule has 0 atom stereocenters. The Morgan fingerprint density at radius 1 is 1.32 bits per heavy atom. The fraction of sp³-hybridized carbons (Fsp3) is 0.333. The maximum absolute atomic E-state index is 5.69. The van der Waals surface area contributed by atoms with Gasteiger partial charge < -0.3 is 15.4 Å². The van der Waals surface area contributed by atoms with Gasteiger partial charge in [-0.3, -0.25) is 0 Å². The number of rotatable bonds is 2. The zero-order valence-electron chi connectivity index (χ0n) is 10.2. The number of halogens is 1. The van der Waals surface area contributed by atoms with Crippen molar-refractivity contribution in [1.82, 2.24) is 9.36 Å². The van der Waals surface area contributed by atoms with E-state index in [0.29, 0.717) is 5.82 Å². The van der Waals surface area contributed by atoms with Gasteiger partial charge in [-0.2, -0.15) is 4.37 Å². The summed E-state index contributed by atoms with van der Waals surface area (Å²) in [5.74, 6) is 0.493. The first-order chi connectivity index (χ1) is 9.24. The minimum Gasteiger partial charge on any atom is -0.383 e. The highest BCUT2D eigenvalue weighted by Gasteiger charge is 2.15. The molecule has 1 saturated heterocycles. The van der Waals surface area contributed by atoms with Gasteiger partial charge in [0, 0.05) is 30.9 Å². The third kappa shape index (κ3) is 2.72. The predicted octanol–water partition coefficient (Wildman–Crippen LogP) is 2.39.